The molecule has 174 valence electrons. The van der Waals surface area contributed by atoms with E-state index in [1.807, 2.05) is 37.3 Å². The second-order valence-electron chi connectivity index (χ2n) is 8.41. The van der Waals surface area contributed by atoms with E-state index in [0.717, 1.165) is 18.4 Å². The standard InChI is InChI=1S/C23H37N3O4S/c1-4-17(2)10-12-30-26(21(27)14-18(3)19-8-6-5-7-9-19)23(11-13-29-22(23)28)25-15-20(24)16-31/h5-9,17-18,20,25,31H,4,10-16,24H2,1-3H3/t17?,18-,20?,23-/m0/s1. The molecule has 1 aromatic rings. The third-order valence-corrected chi connectivity index (χ3v) is 6.35. The Morgan fingerprint density at radius 1 is 1.35 bits per heavy atom. The average molecular weight is 452 g/mol. The molecule has 3 N–H and O–H groups in total. The molecular weight excluding hydrogens is 414 g/mol. The molecule has 31 heavy (non-hydrogen) atoms. The van der Waals surface area contributed by atoms with Crippen LogP contribution in [-0.4, -0.2) is 54.2 Å². The van der Waals surface area contributed by atoms with Crippen LogP contribution in [0.5, 0.6) is 0 Å². The van der Waals surface area contributed by atoms with Gasteiger partial charge in [0.1, 0.15) is 0 Å². The predicted molar refractivity (Wildman–Crippen MR) is 124 cm³/mol. The molecular formula is C23H37N3O4S. The van der Waals surface area contributed by atoms with Crippen molar-refractivity contribution in [2.45, 2.75) is 64.1 Å². The first kappa shape index (κ1) is 25.6. The highest BCUT2D eigenvalue weighted by Gasteiger charge is 2.53. The number of thiol groups is 1. The van der Waals surface area contributed by atoms with Gasteiger partial charge in [-0.1, -0.05) is 57.5 Å². The highest BCUT2D eigenvalue weighted by molar-refractivity contribution is 7.80. The van der Waals surface area contributed by atoms with Gasteiger partial charge in [0, 0.05) is 31.2 Å². The molecule has 0 radical (unpaired) electrons. The Bertz CT molecular complexity index is 705. The number of amides is 1. The second-order valence-corrected chi connectivity index (χ2v) is 8.77. The van der Waals surface area contributed by atoms with Gasteiger partial charge in [-0.15, -0.1) is 0 Å². The molecule has 1 heterocycles. The number of hydrogen-bond donors (Lipinski definition) is 3. The van der Waals surface area contributed by atoms with Crippen molar-refractivity contribution in [3.8, 4) is 0 Å². The van der Waals surface area contributed by atoms with Gasteiger partial charge < -0.3 is 10.5 Å². The highest BCUT2D eigenvalue weighted by Crippen LogP contribution is 2.29. The monoisotopic (exact) mass is 451 g/mol. The largest absolute Gasteiger partial charge is 0.463 e. The van der Waals surface area contributed by atoms with Gasteiger partial charge in [-0.3, -0.25) is 14.9 Å². The smallest absolute Gasteiger partial charge is 0.349 e. The summed E-state index contributed by atoms with van der Waals surface area (Å²) in [6.45, 7) is 7.12. The van der Waals surface area contributed by atoms with Crippen LogP contribution in [0.1, 0.15) is 57.9 Å². The zero-order chi connectivity index (χ0) is 22.9. The SMILES string of the molecule is CCC(C)CCON(C(=O)C[C@H](C)c1ccccc1)[C@@]1(NCC(N)CS)CCOC1=O. The van der Waals surface area contributed by atoms with Crippen LogP contribution in [0, 0.1) is 5.92 Å². The molecule has 1 aliphatic rings. The number of esters is 1. The number of ether oxygens (including phenoxy) is 1. The van der Waals surface area contributed by atoms with Crippen molar-refractivity contribution in [1.82, 2.24) is 10.4 Å². The van der Waals surface area contributed by atoms with E-state index in [1.165, 1.54) is 5.06 Å². The van der Waals surface area contributed by atoms with E-state index < -0.39 is 11.6 Å². The van der Waals surface area contributed by atoms with Crippen LogP contribution >= 0.6 is 12.6 Å². The van der Waals surface area contributed by atoms with Crippen molar-refractivity contribution < 1.29 is 19.2 Å². The van der Waals surface area contributed by atoms with Gasteiger partial charge in [-0.2, -0.15) is 17.7 Å². The summed E-state index contributed by atoms with van der Waals surface area (Å²) in [6.07, 6.45) is 2.32. The van der Waals surface area contributed by atoms with Crippen LogP contribution < -0.4 is 11.1 Å². The Morgan fingerprint density at radius 3 is 2.65 bits per heavy atom. The van der Waals surface area contributed by atoms with E-state index in [2.05, 4.69) is 31.8 Å². The number of cyclic esters (lactones) is 1. The summed E-state index contributed by atoms with van der Waals surface area (Å²) >= 11 is 4.22. The maximum absolute atomic E-state index is 13.4. The Hall–Kier alpha value is -1.61. The first-order valence-electron chi connectivity index (χ1n) is 11.1. The normalized spacial score (nSPS) is 21.4. The number of hydroxylamine groups is 2. The third-order valence-electron chi connectivity index (χ3n) is 5.88. The minimum Gasteiger partial charge on any atom is -0.463 e. The highest BCUT2D eigenvalue weighted by atomic mass is 32.1. The van der Waals surface area contributed by atoms with Gasteiger partial charge in [-0.25, -0.2) is 4.79 Å². The fraction of sp³-hybridized carbons (Fsp3) is 0.652. The van der Waals surface area contributed by atoms with Crippen LogP contribution in [0.2, 0.25) is 0 Å². The maximum atomic E-state index is 13.4. The van der Waals surface area contributed by atoms with Gasteiger partial charge in [0.25, 0.3) is 0 Å². The first-order valence-corrected chi connectivity index (χ1v) is 11.8. The van der Waals surface area contributed by atoms with Crippen LogP contribution in [0.3, 0.4) is 0 Å². The molecule has 2 unspecified atom stereocenters. The van der Waals surface area contributed by atoms with E-state index in [0.29, 0.717) is 31.2 Å². The Kier molecular flexibility index (Phi) is 10.3. The summed E-state index contributed by atoms with van der Waals surface area (Å²) in [5.74, 6) is 0.113. The topological polar surface area (TPSA) is 93.9 Å². The molecule has 0 spiro atoms. The number of nitrogens with one attached hydrogen (secondary N) is 1. The van der Waals surface area contributed by atoms with E-state index in [-0.39, 0.29) is 30.9 Å². The minimum absolute atomic E-state index is 0.0245. The number of nitrogens with two attached hydrogens (primary N) is 1. The lowest BCUT2D eigenvalue weighted by atomic mass is 9.96. The molecule has 1 saturated heterocycles. The van der Waals surface area contributed by atoms with Gasteiger partial charge in [-0.05, 0) is 23.8 Å². The molecule has 1 aliphatic heterocycles. The quantitative estimate of drug-likeness (QED) is 0.185. The summed E-state index contributed by atoms with van der Waals surface area (Å²) in [5, 5.41) is 4.40. The Balaban J connectivity index is 2.23. The van der Waals surface area contributed by atoms with Crippen molar-refractivity contribution in [2.75, 3.05) is 25.5 Å². The predicted octanol–water partition coefficient (Wildman–Crippen LogP) is 2.87. The molecule has 8 heteroatoms. The summed E-state index contributed by atoms with van der Waals surface area (Å²) < 4.78 is 5.27. The lowest BCUT2D eigenvalue weighted by Gasteiger charge is -2.38. The van der Waals surface area contributed by atoms with Gasteiger partial charge >= 0.3 is 5.97 Å². The third kappa shape index (κ3) is 6.94. The lowest BCUT2D eigenvalue weighted by molar-refractivity contribution is -0.230. The van der Waals surface area contributed by atoms with Crippen molar-refractivity contribution >= 4 is 24.5 Å². The molecule has 0 bridgehead atoms. The van der Waals surface area contributed by atoms with Crippen molar-refractivity contribution in [3.05, 3.63) is 35.9 Å². The number of hydrogen-bond acceptors (Lipinski definition) is 7. The number of rotatable bonds is 13. The number of nitrogens with zero attached hydrogens (tertiary/aromatic N) is 1. The average Bonchev–Trinajstić information content (AvgIpc) is 3.15. The van der Waals surface area contributed by atoms with Crippen LogP contribution in [-0.2, 0) is 19.2 Å². The zero-order valence-corrected chi connectivity index (χ0v) is 19.8. The van der Waals surface area contributed by atoms with E-state index >= 15 is 0 Å². The van der Waals surface area contributed by atoms with Gasteiger partial charge in [0.05, 0.1) is 13.2 Å². The van der Waals surface area contributed by atoms with E-state index in [9.17, 15) is 9.59 Å². The molecule has 1 amide bonds. The molecule has 0 saturated carbocycles. The molecule has 4 atom stereocenters. The van der Waals surface area contributed by atoms with Crippen LogP contribution in [0.15, 0.2) is 30.3 Å². The first-order chi connectivity index (χ1) is 14.8. The number of carbonyl (C=O) groups is 2. The molecule has 2 rings (SSSR count). The fourth-order valence-corrected chi connectivity index (χ4v) is 3.61. The van der Waals surface area contributed by atoms with Crippen LogP contribution in [0.25, 0.3) is 0 Å². The summed E-state index contributed by atoms with van der Waals surface area (Å²) in [7, 11) is 0. The zero-order valence-electron chi connectivity index (χ0n) is 18.9. The minimum atomic E-state index is -1.37. The van der Waals surface area contributed by atoms with E-state index in [4.69, 9.17) is 15.3 Å². The number of benzene rings is 1. The Labute approximate surface area is 191 Å². The van der Waals surface area contributed by atoms with Gasteiger partial charge in [0.15, 0.2) is 0 Å². The maximum Gasteiger partial charge on any atom is 0.349 e. The summed E-state index contributed by atoms with van der Waals surface area (Å²) in [5.41, 5.74) is 5.70. The second kappa shape index (κ2) is 12.4. The molecule has 0 aliphatic carbocycles. The van der Waals surface area contributed by atoms with E-state index in [1.54, 1.807) is 0 Å². The lowest BCUT2D eigenvalue weighted by Crippen LogP contribution is -2.65. The molecule has 1 fully saturated rings. The van der Waals surface area contributed by atoms with Gasteiger partial charge in [0.2, 0.25) is 11.6 Å². The fourth-order valence-electron chi connectivity index (χ4n) is 3.48. The summed E-state index contributed by atoms with van der Waals surface area (Å²) in [6, 6.07) is 9.57. The number of carbonyl (C=O) groups excluding carboxylic acids is 2. The van der Waals surface area contributed by atoms with Crippen LogP contribution in [0.4, 0.5) is 0 Å². The molecule has 0 aromatic heterocycles. The van der Waals surface area contributed by atoms with Crippen molar-refractivity contribution in [3.63, 3.8) is 0 Å². The molecule has 1 aromatic carbocycles. The van der Waals surface area contributed by atoms with Crippen molar-refractivity contribution in [1.29, 1.82) is 0 Å². The Morgan fingerprint density at radius 2 is 2.06 bits per heavy atom. The van der Waals surface area contributed by atoms with Crippen molar-refractivity contribution in [2.24, 2.45) is 11.7 Å². The summed E-state index contributed by atoms with van der Waals surface area (Å²) in [4.78, 5) is 32.3. The molecule has 7 nitrogen and oxygen atoms in total.